The number of hydrogen-bond donors (Lipinski definition) is 0. The predicted octanol–water partition coefficient (Wildman–Crippen LogP) is 8.95. The van der Waals surface area contributed by atoms with Gasteiger partial charge in [-0.05, 0) is 85.5 Å². The summed E-state index contributed by atoms with van der Waals surface area (Å²) in [5.74, 6) is 0. The van der Waals surface area contributed by atoms with E-state index in [1.807, 2.05) is 0 Å². The van der Waals surface area contributed by atoms with Crippen molar-refractivity contribution in [3.63, 3.8) is 0 Å². The van der Waals surface area contributed by atoms with Crippen molar-refractivity contribution in [2.75, 3.05) is 0 Å². The van der Waals surface area contributed by atoms with Crippen LogP contribution in [-0.2, 0) is 5.41 Å². The number of benzene rings is 6. The molecule has 0 bridgehead atoms. The van der Waals surface area contributed by atoms with E-state index in [0.29, 0.717) is 0 Å². The molecule has 6 aromatic rings. The van der Waals surface area contributed by atoms with E-state index in [0.717, 1.165) is 0 Å². The van der Waals surface area contributed by atoms with Crippen LogP contribution >= 0.6 is 0 Å². The Labute approximate surface area is 205 Å². The van der Waals surface area contributed by atoms with Gasteiger partial charge in [0.15, 0.2) is 0 Å². The van der Waals surface area contributed by atoms with Crippen LogP contribution in [-0.4, -0.2) is 0 Å². The molecule has 0 radical (unpaired) electrons. The fraction of sp³-hybridized carbons (Fsp3) is 0.0857. The van der Waals surface area contributed by atoms with Gasteiger partial charge in [0.05, 0.1) is 5.41 Å². The Balaban J connectivity index is 1.66. The van der Waals surface area contributed by atoms with Crippen LogP contribution in [0.4, 0.5) is 0 Å². The second-order valence-electron chi connectivity index (χ2n) is 10.2. The average Bonchev–Trinajstić information content (AvgIpc) is 3.36. The molecule has 6 aromatic carbocycles. The third kappa shape index (κ3) is 2.19. The van der Waals surface area contributed by atoms with Crippen molar-refractivity contribution in [2.24, 2.45) is 0 Å². The maximum atomic E-state index is 2.48. The molecule has 164 valence electrons. The molecule has 1 unspecified atom stereocenters. The van der Waals surface area contributed by atoms with Crippen LogP contribution in [0.2, 0.25) is 0 Å². The second-order valence-corrected chi connectivity index (χ2v) is 10.2. The highest BCUT2D eigenvalue weighted by molar-refractivity contribution is 6.10. The number of hydrogen-bond acceptors (Lipinski definition) is 0. The standard InChI is InChI=1S/C35H24/c1-21-15-17-28-31(19-21)35(32-20-22(2)24-10-5-6-12-26(24)34(28)32)29-14-8-7-13-27(29)33-25-11-4-3-9-23(25)16-18-30(33)35/h3-20H,1-2H3. The van der Waals surface area contributed by atoms with Crippen molar-refractivity contribution in [1.29, 1.82) is 0 Å². The molecule has 8 rings (SSSR count). The van der Waals surface area contributed by atoms with E-state index < -0.39 is 0 Å². The van der Waals surface area contributed by atoms with Crippen LogP contribution in [0.5, 0.6) is 0 Å². The monoisotopic (exact) mass is 444 g/mol. The molecule has 2 aliphatic carbocycles. The highest BCUT2D eigenvalue weighted by atomic mass is 14.5. The fourth-order valence-corrected chi connectivity index (χ4v) is 7.10. The number of rotatable bonds is 0. The van der Waals surface area contributed by atoms with Crippen LogP contribution in [0.3, 0.4) is 0 Å². The molecule has 0 nitrogen and oxygen atoms in total. The van der Waals surface area contributed by atoms with E-state index in [1.54, 1.807) is 0 Å². The van der Waals surface area contributed by atoms with E-state index in [9.17, 15) is 0 Å². The molecule has 0 saturated carbocycles. The van der Waals surface area contributed by atoms with Gasteiger partial charge in [0.25, 0.3) is 0 Å². The number of fused-ring (bicyclic) bond motifs is 14. The normalized spacial score (nSPS) is 17.0. The Morgan fingerprint density at radius 3 is 2.03 bits per heavy atom. The second kappa shape index (κ2) is 6.49. The Kier molecular flexibility index (Phi) is 3.56. The van der Waals surface area contributed by atoms with Gasteiger partial charge in [0, 0.05) is 0 Å². The third-order valence-corrected chi connectivity index (χ3v) is 8.44. The van der Waals surface area contributed by atoms with Crippen molar-refractivity contribution in [3.8, 4) is 22.3 Å². The van der Waals surface area contributed by atoms with Crippen molar-refractivity contribution < 1.29 is 0 Å². The van der Waals surface area contributed by atoms with Gasteiger partial charge in [-0.3, -0.25) is 0 Å². The molecular formula is C35H24. The quantitative estimate of drug-likeness (QED) is 0.219. The highest BCUT2D eigenvalue weighted by Crippen LogP contribution is 2.64. The SMILES string of the molecule is Cc1ccc2c(c1)C1(c3ccccc3-c3c1ccc1ccccc31)c1cc(C)c3ccccc3c1-2. The topological polar surface area (TPSA) is 0 Å². The van der Waals surface area contributed by atoms with Gasteiger partial charge in [-0.2, -0.15) is 0 Å². The average molecular weight is 445 g/mol. The minimum Gasteiger partial charge on any atom is -0.0619 e. The van der Waals surface area contributed by atoms with Gasteiger partial charge >= 0.3 is 0 Å². The van der Waals surface area contributed by atoms with Crippen molar-refractivity contribution in [3.05, 3.63) is 143 Å². The zero-order valence-corrected chi connectivity index (χ0v) is 19.9. The summed E-state index contributed by atoms with van der Waals surface area (Å²) in [6.45, 7) is 4.50. The predicted molar refractivity (Wildman–Crippen MR) is 147 cm³/mol. The first-order valence-corrected chi connectivity index (χ1v) is 12.5. The molecule has 0 amide bonds. The Morgan fingerprint density at radius 1 is 0.457 bits per heavy atom. The summed E-state index contributed by atoms with van der Waals surface area (Å²) in [5, 5.41) is 5.35. The lowest BCUT2D eigenvalue weighted by atomic mass is 9.70. The maximum Gasteiger partial charge on any atom is 0.0726 e. The fourth-order valence-electron chi connectivity index (χ4n) is 7.10. The van der Waals surface area contributed by atoms with E-state index in [1.165, 1.54) is 77.2 Å². The zero-order chi connectivity index (χ0) is 23.3. The molecule has 35 heavy (non-hydrogen) atoms. The summed E-state index contributed by atoms with van der Waals surface area (Å²) in [6, 6.07) is 41.2. The van der Waals surface area contributed by atoms with Crippen molar-refractivity contribution in [1.82, 2.24) is 0 Å². The Bertz CT molecular complexity index is 1870. The lowest BCUT2D eigenvalue weighted by Gasteiger charge is -2.31. The lowest BCUT2D eigenvalue weighted by molar-refractivity contribution is 0.793. The third-order valence-electron chi connectivity index (χ3n) is 8.44. The molecule has 0 aromatic heterocycles. The smallest absolute Gasteiger partial charge is 0.0619 e. The van der Waals surface area contributed by atoms with Gasteiger partial charge in [0.2, 0.25) is 0 Å². The summed E-state index contributed by atoms with van der Waals surface area (Å²) in [5.41, 5.74) is 13.6. The van der Waals surface area contributed by atoms with E-state index in [2.05, 4.69) is 123 Å². The molecule has 0 heterocycles. The molecule has 1 atom stereocenters. The van der Waals surface area contributed by atoms with Crippen molar-refractivity contribution in [2.45, 2.75) is 19.3 Å². The summed E-state index contributed by atoms with van der Waals surface area (Å²) in [7, 11) is 0. The minimum absolute atomic E-state index is 0.304. The zero-order valence-electron chi connectivity index (χ0n) is 19.9. The van der Waals surface area contributed by atoms with E-state index >= 15 is 0 Å². The molecule has 0 N–H and O–H groups in total. The van der Waals surface area contributed by atoms with Gasteiger partial charge in [-0.25, -0.2) is 0 Å². The first-order chi connectivity index (χ1) is 17.2. The van der Waals surface area contributed by atoms with Gasteiger partial charge in [0.1, 0.15) is 0 Å². The molecular weight excluding hydrogens is 420 g/mol. The van der Waals surface area contributed by atoms with E-state index in [4.69, 9.17) is 0 Å². The Hall–Kier alpha value is -4.16. The van der Waals surface area contributed by atoms with Gasteiger partial charge in [-0.1, -0.05) is 115 Å². The summed E-state index contributed by atoms with van der Waals surface area (Å²) in [6.07, 6.45) is 0. The summed E-state index contributed by atoms with van der Waals surface area (Å²) in [4.78, 5) is 0. The van der Waals surface area contributed by atoms with Crippen LogP contribution in [0.15, 0.2) is 109 Å². The van der Waals surface area contributed by atoms with Crippen LogP contribution in [0.1, 0.15) is 33.4 Å². The first kappa shape index (κ1) is 19.2. The molecule has 1 spiro atoms. The van der Waals surface area contributed by atoms with Crippen molar-refractivity contribution >= 4 is 21.5 Å². The highest BCUT2D eigenvalue weighted by Gasteiger charge is 2.52. The summed E-state index contributed by atoms with van der Waals surface area (Å²) < 4.78 is 0. The molecule has 0 heteroatoms. The first-order valence-electron chi connectivity index (χ1n) is 12.5. The largest absolute Gasteiger partial charge is 0.0726 e. The Morgan fingerprint density at radius 2 is 1.14 bits per heavy atom. The van der Waals surface area contributed by atoms with Crippen LogP contribution in [0.25, 0.3) is 43.8 Å². The van der Waals surface area contributed by atoms with Crippen LogP contribution in [0, 0.1) is 13.8 Å². The molecule has 0 saturated heterocycles. The minimum atomic E-state index is -0.304. The van der Waals surface area contributed by atoms with Crippen LogP contribution < -0.4 is 0 Å². The lowest BCUT2D eigenvalue weighted by Crippen LogP contribution is -2.26. The summed E-state index contributed by atoms with van der Waals surface area (Å²) >= 11 is 0. The molecule has 2 aliphatic rings. The molecule has 0 fully saturated rings. The molecule has 0 aliphatic heterocycles. The maximum absolute atomic E-state index is 2.48. The van der Waals surface area contributed by atoms with Gasteiger partial charge < -0.3 is 0 Å². The van der Waals surface area contributed by atoms with Gasteiger partial charge in [-0.15, -0.1) is 0 Å². The van der Waals surface area contributed by atoms with E-state index in [-0.39, 0.29) is 5.41 Å². The number of aryl methyl sites for hydroxylation is 2.